The lowest BCUT2D eigenvalue weighted by atomic mass is 9.95. The third-order valence-electron chi connectivity index (χ3n) is 4.52. The maximum absolute atomic E-state index is 12.6. The van der Waals surface area contributed by atoms with E-state index in [0.717, 1.165) is 36.3 Å². The van der Waals surface area contributed by atoms with Crippen LogP contribution in [0.4, 0.5) is 0 Å². The standard InChI is InChI=1S/C17H23NO4/c1-3-15-12(6-8-21-15)17(19)18-14-7-9-22-16-5-4-11(20-2)10-13(14)16/h4-5,10,12,14-15H,3,6-9H2,1-2H3,(H,18,19)/t12-,14+,15+/m1/s1. The number of ether oxygens (including phenoxy) is 3. The summed E-state index contributed by atoms with van der Waals surface area (Å²) in [6, 6.07) is 5.70. The molecule has 0 unspecified atom stereocenters. The van der Waals surface area contributed by atoms with Gasteiger partial charge in [0, 0.05) is 18.6 Å². The Labute approximate surface area is 130 Å². The zero-order chi connectivity index (χ0) is 15.5. The van der Waals surface area contributed by atoms with Crippen molar-refractivity contribution in [3.63, 3.8) is 0 Å². The topological polar surface area (TPSA) is 56.8 Å². The smallest absolute Gasteiger partial charge is 0.226 e. The molecule has 0 radical (unpaired) electrons. The number of fused-ring (bicyclic) bond motifs is 1. The number of hydrogen-bond acceptors (Lipinski definition) is 4. The van der Waals surface area contributed by atoms with Crippen molar-refractivity contribution < 1.29 is 19.0 Å². The fraction of sp³-hybridized carbons (Fsp3) is 0.588. The fourth-order valence-corrected chi connectivity index (χ4v) is 3.28. The molecule has 5 heteroatoms. The zero-order valence-electron chi connectivity index (χ0n) is 13.1. The molecule has 2 aliphatic heterocycles. The molecular weight excluding hydrogens is 282 g/mol. The van der Waals surface area contributed by atoms with E-state index in [0.29, 0.717) is 13.2 Å². The van der Waals surface area contributed by atoms with Gasteiger partial charge in [-0.15, -0.1) is 0 Å². The third-order valence-corrected chi connectivity index (χ3v) is 4.52. The molecule has 2 heterocycles. The van der Waals surface area contributed by atoms with Gasteiger partial charge in [0.2, 0.25) is 5.91 Å². The first-order valence-electron chi connectivity index (χ1n) is 7.95. The monoisotopic (exact) mass is 305 g/mol. The summed E-state index contributed by atoms with van der Waals surface area (Å²) >= 11 is 0. The van der Waals surface area contributed by atoms with Crippen LogP contribution in [0.5, 0.6) is 11.5 Å². The highest BCUT2D eigenvalue weighted by Gasteiger charge is 2.34. The molecule has 1 fully saturated rings. The maximum Gasteiger partial charge on any atom is 0.226 e. The van der Waals surface area contributed by atoms with Crippen LogP contribution < -0.4 is 14.8 Å². The van der Waals surface area contributed by atoms with E-state index in [2.05, 4.69) is 12.2 Å². The van der Waals surface area contributed by atoms with Crippen LogP contribution in [0.2, 0.25) is 0 Å². The summed E-state index contributed by atoms with van der Waals surface area (Å²) in [6.45, 7) is 3.35. The van der Waals surface area contributed by atoms with Crippen LogP contribution in [0, 0.1) is 5.92 Å². The molecule has 1 amide bonds. The lowest BCUT2D eigenvalue weighted by Gasteiger charge is -2.28. The van der Waals surface area contributed by atoms with Crippen molar-refractivity contribution in [1.29, 1.82) is 0 Å². The Bertz CT molecular complexity index is 545. The quantitative estimate of drug-likeness (QED) is 0.928. The molecule has 5 nitrogen and oxygen atoms in total. The van der Waals surface area contributed by atoms with E-state index in [1.165, 1.54) is 0 Å². The SMILES string of the molecule is CC[C@@H]1OCC[C@H]1C(=O)N[C@H]1CCOc2ccc(OC)cc21. The van der Waals surface area contributed by atoms with Gasteiger partial charge in [-0.25, -0.2) is 0 Å². The van der Waals surface area contributed by atoms with E-state index in [1.807, 2.05) is 18.2 Å². The number of benzene rings is 1. The number of carbonyl (C=O) groups excluding carboxylic acids is 1. The largest absolute Gasteiger partial charge is 0.497 e. The summed E-state index contributed by atoms with van der Waals surface area (Å²) < 4.78 is 16.6. The van der Waals surface area contributed by atoms with Crippen molar-refractivity contribution in [1.82, 2.24) is 5.32 Å². The van der Waals surface area contributed by atoms with Gasteiger partial charge in [-0.3, -0.25) is 4.79 Å². The van der Waals surface area contributed by atoms with Gasteiger partial charge < -0.3 is 19.5 Å². The van der Waals surface area contributed by atoms with E-state index in [9.17, 15) is 4.79 Å². The van der Waals surface area contributed by atoms with Crippen LogP contribution in [0.25, 0.3) is 0 Å². The number of carbonyl (C=O) groups is 1. The van der Waals surface area contributed by atoms with Crippen molar-refractivity contribution in [2.75, 3.05) is 20.3 Å². The summed E-state index contributed by atoms with van der Waals surface area (Å²) in [5.41, 5.74) is 0.992. The Morgan fingerprint density at radius 3 is 3.00 bits per heavy atom. The molecule has 3 rings (SSSR count). The molecular formula is C17H23NO4. The van der Waals surface area contributed by atoms with Crippen molar-refractivity contribution >= 4 is 5.91 Å². The Balaban J connectivity index is 1.75. The second kappa shape index (κ2) is 6.57. The van der Waals surface area contributed by atoms with Gasteiger partial charge >= 0.3 is 0 Å². The molecule has 0 saturated carbocycles. The van der Waals surface area contributed by atoms with Crippen molar-refractivity contribution in [2.24, 2.45) is 5.92 Å². The predicted molar refractivity (Wildman–Crippen MR) is 82.1 cm³/mol. The van der Waals surface area contributed by atoms with Crippen molar-refractivity contribution in [3.05, 3.63) is 23.8 Å². The normalized spacial score (nSPS) is 26.9. The fourth-order valence-electron chi connectivity index (χ4n) is 3.28. The van der Waals surface area contributed by atoms with E-state index in [-0.39, 0.29) is 24.0 Å². The van der Waals surface area contributed by atoms with Gasteiger partial charge in [-0.2, -0.15) is 0 Å². The van der Waals surface area contributed by atoms with Gasteiger partial charge in [0.05, 0.1) is 31.8 Å². The Hall–Kier alpha value is -1.75. The Morgan fingerprint density at radius 1 is 1.36 bits per heavy atom. The van der Waals surface area contributed by atoms with E-state index in [4.69, 9.17) is 14.2 Å². The lowest BCUT2D eigenvalue weighted by Crippen LogP contribution is -2.39. The van der Waals surface area contributed by atoms with E-state index < -0.39 is 0 Å². The predicted octanol–water partition coefficient (Wildman–Crippen LogP) is 2.45. The molecule has 1 saturated heterocycles. The second-order valence-electron chi connectivity index (χ2n) is 5.81. The highest BCUT2D eigenvalue weighted by atomic mass is 16.5. The van der Waals surface area contributed by atoms with Crippen LogP contribution in [0.1, 0.15) is 37.8 Å². The third kappa shape index (κ3) is 2.90. The number of rotatable bonds is 4. The van der Waals surface area contributed by atoms with Crippen LogP contribution in [-0.2, 0) is 9.53 Å². The molecule has 120 valence electrons. The second-order valence-corrected chi connectivity index (χ2v) is 5.81. The summed E-state index contributed by atoms with van der Waals surface area (Å²) in [6.07, 6.45) is 2.50. The molecule has 3 atom stereocenters. The number of hydrogen-bond donors (Lipinski definition) is 1. The number of methoxy groups -OCH3 is 1. The minimum absolute atomic E-state index is 0.0237. The average molecular weight is 305 g/mol. The zero-order valence-corrected chi connectivity index (χ0v) is 13.1. The molecule has 1 aromatic rings. The van der Waals surface area contributed by atoms with Gasteiger partial charge in [0.25, 0.3) is 0 Å². The molecule has 0 aliphatic carbocycles. The average Bonchev–Trinajstić information content (AvgIpc) is 3.03. The van der Waals surface area contributed by atoms with Gasteiger partial charge in [0.15, 0.2) is 0 Å². The summed E-state index contributed by atoms with van der Waals surface area (Å²) in [5, 5.41) is 3.18. The van der Waals surface area contributed by atoms with Crippen LogP contribution >= 0.6 is 0 Å². The van der Waals surface area contributed by atoms with Gasteiger partial charge in [-0.1, -0.05) is 6.92 Å². The molecule has 1 N–H and O–H groups in total. The summed E-state index contributed by atoms with van der Waals surface area (Å²) in [7, 11) is 1.64. The Morgan fingerprint density at radius 2 is 2.23 bits per heavy atom. The van der Waals surface area contributed by atoms with Crippen molar-refractivity contribution in [3.8, 4) is 11.5 Å². The first-order chi connectivity index (χ1) is 10.7. The minimum Gasteiger partial charge on any atom is -0.497 e. The van der Waals surface area contributed by atoms with E-state index >= 15 is 0 Å². The molecule has 0 aromatic heterocycles. The highest BCUT2D eigenvalue weighted by molar-refractivity contribution is 5.80. The first-order valence-corrected chi connectivity index (χ1v) is 7.95. The molecule has 0 spiro atoms. The lowest BCUT2D eigenvalue weighted by molar-refractivity contribution is -0.127. The Kier molecular flexibility index (Phi) is 4.52. The minimum atomic E-state index is -0.0399. The number of nitrogens with one attached hydrogen (secondary N) is 1. The molecule has 2 aliphatic rings. The summed E-state index contributed by atoms with van der Waals surface area (Å²) in [4.78, 5) is 12.6. The highest BCUT2D eigenvalue weighted by Crippen LogP contribution is 2.35. The first kappa shape index (κ1) is 15.2. The van der Waals surface area contributed by atoms with Gasteiger partial charge in [-0.05, 0) is 31.0 Å². The van der Waals surface area contributed by atoms with Crippen LogP contribution in [-0.4, -0.2) is 32.3 Å². The van der Waals surface area contributed by atoms with E-state index in [1.54, 1.807) is 7.11 Å². The maximum atomic E-state index is 12.6. The van der Waals surface area contributed by atoms with Crippen molar-refractivity contribution in [2.45, 2.75) is 38.3 Å². The molecule has 22 heavy (non-hydrogen) atoms. The van der Waals surface area contributed by atoms with Crippen LogP contribution in [0.3, 0.4) is 0 Å². The number of amides is 1. The summed E-state index contributed by atoms with van der Waals surface area (Å²) in [5.74, 6) is 1.65. The van der Waals surface area contributed by atoms with Gasteiger partial charge in [0.1, 0.15) is 11.5 Å². The van der Waals surface area contributed by atoms with Crippen LogP contribution in [0.15, 0.2) is 18.2 Å². The molecule has 1 aromatic carbocycles. The molecule has 0 bridgehead atoms.